The predicted octanol–water partition coefficient (Wildman–Crippen LogP) is 7.92. The third kappa shape index (κ3) is 4.10. The van der Waals surface area contributed by atoms with Gasteiger partial charge >= 0.3 is 0 Å². The molecule has 1 unspecified atom stereocenters. The summed E-state index contributed by atoms with van der Waals surface area (Å²) in [6.45, 7) is 8.47. The number of fused-ring (bicyclic) bond motifs is 8. The fourth-order valence-corrected chi connectivity index (χ4v) is 7.78. The Kier molecular flexibility index (Phi) is 6.43. The van der Waals surface area contributed by atoms with E-state index in [2.05, 4.69) is 115 Å². The van der Waals surface area contributed by atoms with E-state index in [-0.39, 0.29) is 5.41 Å². The third-order valence-corrected chi connectivity index (χ3v) is 10.0. The minimum absolute atomic E-state index is 0.208. The number of hydrogen-bond donors (Lipinski definition) is 1. The summed E-state index contributed by atoms with van der Waals surface area (Å²) < 4.78 is 19.1. The van der Waals surface area contributed by atoms with Gasteiger partial charge < -0.3 is 24.4 Å². The van der Waals surface area contributed by atoms with Crippen LogP contribution < -0.4 is 24.4 Å². The Morgan fingerprint density at radius 2 is 1.49 bits per heavy atom. The first-order valence-electron chi connectivity index (χ1n) is 15.8. The zero-order valence-corrected chi connectivity index (χ0v) is 26.3. The molecule has 45 heavy (non-hydrogen) atoms. The minimum atomic E-state index is -0.832. The van der Waals surface area contributed by atoms with E-state index in [1.165, 1.54) is 27.6 Å². The van der Waals surface area contributed by atoms with Crippen molar-refractivity contribution in [1.82, 2.24) is 5.32 Å². The van der Waals surface area contributed by atoms with Gasteiger partial charge in [-0.3, -0.25) is 0 Å². The maximum absolute atomic E-state index is 7.47. The molecular formula is C40H38N2O3. The number of rotatable bonds is 5. The summed E-state index contributed by atoms with van der Waals surface area (Å²) in [5.74, 6) is 2.57. The first-order chi connectivity index (χ1) is 22.0. The summed E-state index contributed by atoms with van der Waals surface area (Å²) in [6.07, 6.45) is 4.54. The van der Waals surface area contributed by atoms with Crippen LogP contribution in [0.3, 0.4) is 0 Å². The molecule has 1 N–H and O–H groups in total. The van der Waals surface area contributed by atoms with Crippen LogP contribution in [0.1, 0.15) is 41.7 Å². The van der Waals surface area contributed by atoms with Crippen molar-refractivity contribution in [3.63, 3.8) is 0 Å². The molecule has 5 nitrogen and oxygen atoms in total. The fraction of sp³-hybridized carbons (Fsp3) is 0.250. The molecule has 0 spiro atoms. The summed E-state index contributed by atoms with van der Waals surface area (Å²) in [5, 5.41) is 5.75. The molecule has 5 aromatic rings. The maximum Gasteiger partial charge on any atom is 0.178 e. The molecule has 1 aliphatic carbocycles. The molecule has 1 fully saturated rings. The van der Waals surface area contributed by atoms with Crippen molar-refractivity contribution < 1.29 is 14.2 Å². The quantitative estimate of drug-likeness (QED) is 0.224. The van der Waals surface area contributed by atoms with Crippen LogP contribution in [0.25, 0.3) is 28.0 Å². The molecule has 5 heteroatoms. The highest BCUT2D eigenvalue weighted by Gasteiger charge is 2.44. The zero-order valence-electron chi connectivity index (χ0n) is 26.3. The Hall–Kier alpha value is -4.74. The largest absolute Gasteiger partial charge is 0.497 e. The molecular weight excluding hydrogens is 556 g/mol. The van der Waals surface area contributed by atoms with E-state index in [0.29, 0.717) is 0 Å². The van der Waals surface area contributed by atoms with Crippen molar-refractivity contribution in [3.05, 3.63) is 125 Å². The maximum atomic E-state index is 7.47. The predicted molar refractivity (Wildman–Crippen MR) is 183 cm³/mol. The number of hydrogen-bond acceptors (Lipinski definition) is 5. The lowest BCUT2D eigenvalue weighted by Gasteiger charge is -2.39. The van der Waals surface area contributed by atoms with Gasteiger partial charge in [0.05, 0.1) is 19.9 Å². The smallest absolute Gasteiger partial charge is 0.178 e. The fourth-order valence-electron chi connectivity index (χ4n) is 7.78. The standard InChI is InChI=1S/C40H38N2O3/c1-39(2)33-13-9-8-12-29(33)36-31-24-34(42-22-20-41-21-23-42)35(44-4)25-32(31)38-30(37(36)39)18-19-40(45-38,26-10-6-5-7-11-26)27-14-16-28(43-3)17-15-27/h5-19,24-25,41H,20-23H2,1-4H3. The number of nitrogens with one attached hydrogen (secondary N) is 1. The van der Waals surface area contributed by atoms with Crippen LogP contribution in [-0.2, 0) is 11.0 Å². The molecule has 0 amide bonds. The monoisotopic (exact) mass is 594 g/mol. The van der Waals surface area contributed by atoms with Crippen molar-refractivity contribution in [2.75, 3.05) is 45.3 Å². The molecule has 8 rings (SSSR count). The second kappa shape index (κ2) is 10.4. The van der Waals surface area contributed by atoms with Crippen molar-refractivity contribution in [3.8, 4) is 28.4 Å². The van der Waals surface area contributed by atoms with Gasteiger partial charge in [-0.15, -0.1) is 0 Å². The Labute approximate surface area is 265 Å². The van der Waals surface area contributed by atoms with E-state index in [1.807, 2.05) is 12.1 Å². The lowest BCUT2D eigenvalue weighted by Crippen LogP contribution is -2.43. The van der Waals surface area contributed by atoms with Gasteiger partial charge in [0.25, 0.3) is 0 Å². The molecule has 2 aliphatic heterocycles. The van der Waals surface area contributed by atoms with Crippen molar-refractivity contribution in [2.24, 2.45) is 0 Å². The molecule has 0 radical (unpaired) electrons. The highest BCUT2D eigenvalue weighted by molar-refractivity contribution is 6.10. The van der Waals surface area contributed by atoms with E-state index >= 15 is 0 Å². The second-order valence-corrected chi connectivity index (χ2v) is 12.7. The van der Waals surface area contributed by atoms with Crippen molar-refractivity contribution >= 4 is 22.5 Å². The molecule has 0 aromatic heterocycles. The van der Waals surface area contributed by atoms with Crippen LogP contribution in [0.4, 0.5) is 5.69 Å². The van der Waals surface area contributed by atoms with E-state index in [0.717, 1.165) is 71.2 Å². The van der Waals surface area contributed by atoms with E-state index in [9.17, 15) is 0 Å². The average Bonchev–Trinajstić information content (AvgIpc) is 3.35. The zero-order chi connectivity index (χ0) is 30.8. The average molecular weight is 595 g/mol. The lowest BCUT2D eigenvalue weighted by atomic mass is 9.76. The molecule has 2 heterocycles. The van der Waals surface area contributed by atoms with Crippen LogP contribution in [-0.4, -0.2) is 40.4 Å². The Morgan fingerprint density at radius 1 is 0.778 bits per heavy atom. The summed E-state index contributed by atoms with van der Waals surface area (Å²) in [6, 6.07) is 32.2. The normalized spacial score (nSPS) is 19.4. The van der Waals surface area contributed by atoms with Gasteiger partial charge in [0.2, 0.25) is 0 Å². The van der Waals surface area contributed by atoms with Crippen LogP contribution in [0, 0.1) is 0 Å². The molecule has 3 aliphatic rings. The summed E-state index contributed by atoms with van der Waals surface area (Å²) in [4.78, 5) is 2.44. The van der Waals surface area contributed by atoms with E-state index < -0.39 is 5.60 Å². The van der Waals surface area contributed by atoms with Crippen molar-refractivity contribution in [1.29, 1.82) is 0 Å². The second-order valence-electron chi connectivity index (χ2n) is 12.7. The van der Waals surface area contributed by atoms with Crippen LogP contribution >= 0.6 is 0 Å². The van der Waals surface area contributed by atoms with Gasteiger partial charge in [-0.1, -0.05) is 86.7 Å². The number of anilines is 1. The lowest BCUT2D eigenvalue weighted by molar-refractivity contribution is 0.163. The van der Waals surface area contributed by atoms with Crippen LogP contribution in [0.2, 0.25) is 0 Å². The minimum Gasteiger partial charge on any atom is -0.497 e. The number of methoxy groups -OCH3 is 2. The SMILES string of the molecule is COc1ccc(C2(c3ccccc3)C=Cc3c4c(c5cc(N6CCNCC6)c(OC)cc5c3O2)-c2ccccc2C4(C)C)cc1. The van der Waals surface area contributed by atoms with Gasteiger partial charge in [-0.05, 0) is 58.0 Å². The molecule has 1 atom stereocenters. The highest BCUT2D eigenvalue weighted by atomic mass is 16.5. The Bertz CT molecular complexity index is 1960. The summed E-state index contributed by atoms with van der Waals surface area (Å²) in [7, 11) is 3.47. The molecule has 5 aromatic carbocycles. The van der Waals surface area contributed by atoms with Gasteiger partial charge in [0.15, 0.2) is 5.60 Å². The Balaban J connectivity index is 1.45. The Morgan fingerprint density at radius 3 is 2.22 bits per heavy atom. The number of ether oxygens (including phenoxy) is 3. The molecule has 0 bridgehead atoms. The van der Waals surface area contributed by atoms with Gasteiger partial charge in [-0.25, -0.2) is 0 Å². The highest BCUT2D eigenvalue weighted by Crippen LogP contribution is 2.59. The van der Waals surface area contributed by atoms with Gasteiger partial charge in [-0.2, -0.15) is 0 Å². The van der Waals surface area contributed by atoms with Crippen LogP contribution in [0.5, 0.6) is 17.2 Å². The first-order valence-corrected chi connectivity index (χ1v) is 15.8. The van der Waals surface area contributed by atoms with Crippen molar-refractivity contribution in [2.45, 2.75) is 24.9 Å². The number of piperazine rings is 1. The molecule has 0 saturated carbocycles. The van der Waals surface area contributed by atoms with Gasteiger partial charge in [0, 0.05) is 53.7 Å². The van der Waals surface area contributed by atoms with Crippen LogP contribution in [0.15, 0.2) is 97.1 Å². The molecule has 226 valence electrons. The summed E-state index contributed by atoms with van der Waals surface area (Å²) >= 11 is 0. The number of nitrogens with zero attached hydrogens (tertiary/aromatic N) is 1. The molecule has 1 saturated heterocycles. The third-order valence-electron chi connectivity index (χ3n) is 10.0. The first kappa shape index (κ1) is 27.8. The topological polar surface area (TPSA) is 43.0 Å². The number of benzene rings is 5. The summed E-state index contributed by atoms with van der Waals surface area (Å²) in [5.41, 5.74) is 8.59. The van der Waals surface area contributed by atoms with E-state index in [4.69, 9.17) is 14.2 Å². The van der Waals surface area contributed by atoms with E-state index in [1.54, 1.807) is 14.2 Å². The van der Waals surface area contributed by atoms with Gasteiger partial charge in [0.1, 0.15) is 17.2 Å².